The van der Waals surface area contributed by atoms with Crippen molar-refractivity contribution in [2.24, 2.45) is 5.41 Å². The molecule has 18 heavy (non-hydrogen) atoms. The van der Waals surface area contributed by atoms with E-state index >= 15 is 0 Å². The van der Waals surface area contributed by atoms with Gasteiger partial charge in [0.1, 0.15) is 0 Å². The Kier molecular flexibility index (Phi) is 6.65. The van der Waals surface area contributed by atoms with Gasteiger partial charge in [-0.15, -0.1) is 0 Å². The second-order valence-corrected chi connectivity index (χ2v) is 5.61. The zero-order valence-corrected chi connectivity index (χ0v) is 11.8. The third kappa shape index (κ3) is 4.58. The summed E-state index contributed by atoms with van der Waals surface area (Å²) < 4.78 is 0. The Balaban J connectivity index is 2.26. The van der Waals surface area contributed by atoms with Gasteiger partial charge < -0.3 is 15.7 Å². The van der Waals surface area contributed by atoms with Gasteiger partial charge in [0, 0.05) is 25.1 Å². The van der Waals surface area contributed by atoms with Crippen molar-refractivity contribution in [3.63, 3.8) is 0 Å². The molecule has 0 bridgehead atoms. The summed E-state index contributed by atoms with van der Waals surface area (Å²) in [6.45, 7) is 5.72. The van der Waals surface area contributed by atoms with Crippen LogP contribution in [0.2, 0.25) is 0 Å². The lowest BCUT2D eigenvalue weighted by molar-refractivity contribution is -0.122. The third-order valence-corrected chi connectivity index (χ3v) is 4.01. The molecule has 0 spiro atoms. The molecule has 0 radical (unpaired) electrons. The number of hydrogen-bond acceptors (Lipinski definition) is 3. The van der Waals surface area contributed by atoms with Gasteiger partial charge in [-0.1, -0.05) is 26.2 Å². The fourth-order valence-electron chi connectivity index (χ4n) is 2.52. The Morgan fingerprint density at radius 3 is 2.61 bits per heavy atom. The number of amides is 1. The van der Waals surface area contributed by atoms with Crippen LogP contribution in [-0.4, -0.2) is 36.8 Å². The number of carbonyl (C=O) groups is 1. The first kappa shape index (κ1) is 15.4. The van der Waals surface area contributed by atoms with E-state index in [1.54, 1.807) is 0 Å². The van der Waals surface area contributed by atoms with Crippen molar-refractivity contribution in [2.45, 2.75) is 58.4 Å². The molecule has 1 atom stereocenters. The summed E-state index contributed by atoms with van der Waals surface area (Å²) in [4.78, 5) is 11.8. The van der Waals surface area contributed by atoms with Gasteiger partial charge >= 0.3 is 0 Å². The second-order valence-electron chi connectivity index (χ2n) is 5.61. The highest BCUT2D eigenvalue weighted by molar-refractivity contribution is 5.81. The molecule has 0 aromatic rings. The van der Waals surface area contributed by atoms with E-state index in [-0.39, 0.29) is 24.0 Å². The highest BCUT2D eigenvalue weighted by Gasteiger charge is 2.33. The highest BCUT2D eigenvalue weighted by Crippen LogP contribution is 2.36. The summed E-state index contributed by atoms with van der Waals surface area (Å²) in [5.41, 5.74) is 0.0119. The maximum atomic E-state index is 11.8. The van der Waals surface area contributed by atoms with E-state index in [4.69, 9.17) is 0 Å². The largest absolute Gasteiger partial charge is 0.396 e. The Bertz CT molecular complexity index is 250. The molecule has 1 saturated carbocycles. The van der Waals surface area contributed by atoms with Crippen LogP contribution in [0.25, 0.3) is 0 Å². The summed E-state index contributed by atoms with van der Waals surface area (Å²) in [6.07, 6.45) is 6.65. The van der Waals surface area contributed by atoms with Crippen molar-refractivity contribution in [3.05, 3.63) is 0 Å². The number of aliphatic hydroxyl groups is 1. The zero-order chi connectivity index (χ0) is 13.4. The van der Waals surface area contributed by atoms with Crippen molar-refractivity contribution >= 4 is 5.91 Å². The topological polar surface area (TPSA) is 61.4 Å². The normalized spacial score (nSPS) is 19.7. The second kappa shape index (κ2) is 7.74. The molecule has 0 aromatic carbocycles. The van der Waals surface area contributed by atoms with E-state index < -0.39 is 0 Å². The van der Waals surface area contributed by atoms with Gasteiger partial charge in [0.2, 0.25) is 5.91 Å². The average Bonchev–Trinajstić information content (AvgIpc) is 2.85. The minimum absolute atomic E-state index is 0.0119. The first-order valence-corrected chi connectivity index (χ1v) is 7.25. The number of carbonyl (C=O) groups excluding carboxylic acids is 1. The smallest absolute Gasteiger partial charge is 0.236 e. The van der Waals surface area contributed by atoms with Gasteiger partial charge in [-0.2, -0.15) is 0 Å². The minimum Gasteiger partial charge on any atom is -0.396 e. The van der Waals surface area contributed by atoms with Gasteiger partial charge in [-0.3, -0.25) is 4.79 Å². The molecule has 4 heteroatoms. The maximum absolute atomic E-state index is 11.8. The molecule has 1 aliphatic rings. The van der Waals surface area contributed by atoms with Crippen LogP contribution in [0.1, 0.15) is 52.4 Å². The van der Waals surface area contributed by atoms with Crippen molar-refractivity contribution < 1.29 is 9.90 Å². The van der Waals surface area contributed by atoms with Crippen molar-refractivity contribution in [1.29, 1.82) is 0 Å². The summed E-state index contributed by atoms with van der Waals surface area (Å²) in [6, 6.07) is -0.175. The van der Waals surface area contributed by atoms with Gasteiger partial charge in [0.15, 0.2) is 0 Å². The summed E-state index contributed by atoms with van der Waals surface area (Å²) in [7, 11) is 0. The van der Waals surface area contributed by atoms with Crippen LogP contribution < -0.4 is 10.6 Å². The Morgan fingerprint density at radius 2 is 2.06 bits per heavy atom. The minimum atomic E-state index is -0.175. The Labute approximate surface area is 111 Å². The molecule has 1 fully saturated rings. The molecule has 0 saturated heterocycles. The van der Waals surface area contributed by atoms with Crippen molar-refractivity contribution in [2.75, 3.05) is 19.7 Å². The molecule has 1 aliphatic carbocycles. The Hall–Kier alpha value is -0.610. The van der Waals surface area contributed by atoms with Gasteiger partial charge in [-0.05, 0) is 26.2 Å². The SMILES string of the molecule is CCCCNC(=O)C(C)NCC1(CO)CCCC1. The molecular weight excluding hydrogens is 228 g/mol. The fraction of sp³-hybridized carbons (Fsp3) is 0.929. The monoisotopic (exact) mass is 256 g/mol. The number of rotatable bonds is 8. The molecule has 0 aliphatic heterocycles. The molecular formula is C14H28N2O2. The maximum Gasteiger partial charge on any atom is 0.236 e. The van der Waals surface area contributed by atoms with E-state index in [9.17, 15) is 9.90 Å². The lowest BCUT2D eigenvalue weighted by atomic mass is 9.87. The quantitative estimate of drug-likeness (QED) is 0.576. The van der Waals surface area contributed by atoms with E-state index in [1.807, 2.05) is 6.92 Å². The summed E-state index contributed by atoms with van der Waals surface area (Å²) in [5.74, 6) is 0.0644. The highest BCUT2D eigenvalue weighted by atomic mass is 16.3. The molecule has 0 heterocycles. The van der Waals surface area contributed by atoms with Crippen LogP contribution >= 0.6 is 0 Å². The summed E-state index contributed by atoms with van der Waals surface area (Å²) >= 11 is 0. The van der Waals surface area contributed by atoms with E-state index in [0.717, 1.165) is 38.8 Å². The average molecular weight is 256 g/mol. The molecule has 4 nitrogen and oxygen atoms in total. The number of hydrogen-bond donors (Lipinski definition) is 3. The van der Waals surface area contributed by atoms with Crippen LogP contribution in [0.3, 0.4) is 0 Å². The first-order chi connectivity index (χ1) is 8.63. The third-order valence-electron chi connectivity index (χ3n) is 4.01. The van der Waals surface area contributed by atoms with Crippen LogP contribution in [0.5, 0.6) is 0 Å². The van der Waals surface area contributed by atoms with Gasteiger partial charge in [0.05, 0.1) is 6.04 Å². The van der Waals surface area contributed by atoms with Crippen LogP contribution in [0.4, 0.5) is 0 Å². The predicted molar refractivity (Wildman–Crippen MR) is 73.4 cm³/mol. The van der Waals surface area contributed by atoms with Crippen LogP contribution in [0.15, 0.2) is 0 Å². The standard InChI is InChI=1S/C14H28N2O2/c1-3-4-9-15-13(18)12(2)16-10-14(11-17)7-5-6-8-14/h12,16-17H,3-11H2,1-2H3,(H,15,18). The molecule has 1 rings (SSSR count). The van der Waals surface area contributed by atoms with Gasteiger partial charge in [-0.25, -0.2) is 0 Å². The fourth-order valence-corrected chi connectivity index (χ4v) is 2.52. The molecule has 3 N–H and O–H groups in total. The molecule has 106 valence electrons. The summed E-state index contributed by atoms with van der Waals surface area (Å²) in [5, 5.41) is 15.7. The van der Waals surface area contributed by atoms with Crippen LogP contribution in [-0.2, 0) is 4.79 Å². The molecule has 1 amide bonds. The number of aliphatic hydroxyl groups excluding tert-OH is 1. The van der Waals surface area contributed by atoms with E-state index in [1.165, 1.54) is 12.8 Å². The van der Waals surface area contributed by atoms with Gasteiger partial charge in [0.25, 0.3) is 0 Å². The molecule has 0 aromatic heterocycles. The molecule has 1 unspecified atom stereocenters. The predicted octanol–water partition coefficient (Wildman–Crippen LogP) is 1.43. The van der Waals surface area contributed by atoms with E-state index in [2.05, 4.69) is 17.6 Å². The Morgan fingerprint density at radius 1 is 1.39 bits per heavy atom. The van der Waals surface area contributed by atoms with E-state index in [0.29, 0.717) is 0 Å². The first-order valence-electron chi connectivity index (χ1n) is 7.25. The number of unbranched alkanes of at least 4 members (excludes halogenated alkanes) is 1. The van der Waals surface area contributed by atoms with Crippen molar-refractivity contribution in [1.82, 2.24) is 10.6 Å². The van der Waals surface area contributed by atoms with Crippen molar-refractivity contribution in [3.8, 4) is 0 Å². The van der Waals surface area contributed by atoms with Crippen LogP contribution in [0, 0.1) is 5.41 Å². The zero-order valence-electron chi connectivity index (χ0n) is 11.8. The lowest BCUT2D eigenvalue weighted by Gasteiger charge is -2.28. The lowest BCUT2D eigenvalue weighted by Crippen LogP contribution is -2.47. The number of nitrogens with one attached hydrogen (secondary N) is 2.